The highest BCUT2D eigenvalue weighted by Crippen LogP contribution is 2.43. The van der Waals surface area contributed by atoms with E-state index in [1.54, 1.807) is 0 Å². The molecule has 1 atom stereocenters. The van der Waals surface area contributed by atoms with E-state index >= 15 is 0 Å². The van der Waals surface area contributed by atoms with Gasteiger partial charge in [-0.25, -0.2) is 0 Å². The van der Waals surface area contributed by atoms with Crippen molar-refractivity contribution in [1.29, 1.82) is 0 Å². The smallest absolute Gasteiger partial charge is 0.0619 e. The van der Waals surface area contributed by atoms with Crippen LogP contribution < -0.4 is 11.5 Å². The zero-order valence-corrected chi connectivity index (χ0v) is 14.9. The van der Waals surface area contributed by atoms with Gasteiger partial charge >= 0.3 is 0 Å². The van der Waals surface area contributed by atoms with Gasteiger partial charge in [0.2, 0.25) is 0 Å². The molecule has 0 fully saturated rings. The van der Waals surface area contributed by atoms with Crippen LogP contribution in [0.15, 0.2) is 91.0 Å². The van der Waals surface area contributed by atoms with E-state index in [9.17, 15) is 0 Å². The highest BCUT2D eigenvalue weighted by molar-refractivity contribution is 5.53. The highest BCUT2D eigenvalue weighted by atomic mass is 14.9. The van der Waals surface area contributed by atoms with Gasteiger partial charge in [0.1, 0.15) is 0 Å². The van der Waals surface area contributed by atoms with E-state index in [-0.39, 0.29) is 6.04 Å². The van der Waals surface area contributed by atoms with E-state index in [1.165, 1.54) is 0 Å². The third kappa shape index (κ3) is 3.11. The van der Waals surface area contributed by atoms with E-state index in [4.69, 9.17) is 11.5 Å². The number of hydrogen-bond acceptors (Lipinski definition) is 2. The first-order valence-electron chi connectivity index (χ1n) is 8.68. The van der Waals surface area contributed by atoms with Gasteiger partial charge in [-0.05, 0) is 30.5 Å². The largest absolute Gasteiger partial charge is 0.325 e. The van der Waals surface area contributed by atoms with E-state index in [0.29, 0.717) is 0 Å². The minimum absolute atomic E-state index is 0.313. The summed E-state index contributed by atoms with van der Waals surface area (Å²) in [5.41, 5.74) is 15.8. The molecule has 25 heavy (non-hydrogen) atoms. The van der Waals surface area contributed by atoms with Gasteiger partial charge in [0, 0.05) is 11.6 Å². The van der Waals surface area contributed by atoms with Crippen LogP contribution in [0.25, 0.3) is 0 Å². The quantitative estimate of drug-likeness (QED) is 0.692. The number of rotatable bonds is 5. The summed E-state index contributed by atoms with van der Waals surface area (Å²) < 4.78 is 0. The maximum Gasteiger partial charge on any atom is 0.0619 e. The number of benzene rings is 3. The molecule has 4 N–H and O–H groups in total. The molecule has 0 heterocycles. The van der Waals surface area contributed by atoms with Crippen LogP contribution in [0, 0.1) is 0 Å². The van der Waals surface area contributed by atoms with Crippen molar-refractivity contribution in [2.45, 2.75) is 30.8 Å². The van der Waals surface area contributed by atoms with Crippen molar-refractivity contribution in [3.8, 4) is 0 Å². The number of nitrogens with two attached hydrogens (primary N) is 2. The van der Waals surface area contributed by atoms with Crippen molar-refractivity contribution in [2.75, 3.05) is 0 Å². The summed E-state index contributed by atoms with van der Waals surface area (Å²) in [4.78, 5) is 0. The van der Waals surface area contributed by atoms with Crippen LogP contribution in [-0.2, 0) is 5.41 Å². The topological polar surface area (TPSA) is 52.0 Å². The maximum atomic E-state index is 6.90. The summed E-state index contributed by atoms with van der Waals surface area (Å²) in [6, 6.07) is 31.0. The molecule has 3 aromatic rings. The fourth-order valence-electron chi connectivity index (χ4n) is 3.70. The lowest BCUT2D eigenvalue weighted by atomic mass is 9.61. The maximum absolute atomic E-state index is 6.90. The van der Waals surface area contributed by atoms with Gasteiger partial charge in [-0.2, -0.15) is 0 Å². The van der Waals surface area contributed by atoms with E-state index < -0.39 is 11.0 Å². The molecule has 0 saturated heterocycles. The average Bonchev–Trinajstić information content (AvgIpc) is 2.64. The first-order valence-corrected chi connectivity index (χ1v) is 8.68. The lowest BCUT2D eigenvalue weighted by Crippen LogP contribution is -2.62. The van der Waals surface area contributed by atoms with Crippen LogP contribution in [-0.4, -0.2) is 11.6 Å². The van der Waals surface area contributed by atoms with Gasteiger partial charge < -0.3 is 11.5 Å². The third-order valence-electron chi connectivity index (χ3n) is 4.96. The Labute approximate surface area is 150 Å². The summed E-state index contributed by atoms with van der Waals surface area (Å²) in [6.45, 7) is 4.00. The Bertz CT molecular complexity index is 693. The minimum Gasteiger partial charge on any atom is -0.325 e. The van der Waals surface area contributed by atoms with Gasteiger partial charge in [-0.15, -0.1) is 0 Å². The fourth-order valence-corrected chi connectivity index (χ4v) is 3.70. The third-order valence-corrected chi connectivity index (χ3v) is 4.96. The lowest BCUT2D eigenvalue weighted by Gasteiger charge is -2.46. The first-order chi connectivity index (χ1) is 12.0. The molecule has 2 nitrogen and oxygen atoms in total. The van der Waals surface area contributed by atoms with Crippen LogP contribution in [0.4, 0.5) is 0 Å². The molecule has 2 heteroatoms. The van der Waals surface area contributed by atoms with Crippen LogP contribution in [0.3, 0.4) is 0 Å². The molecule has 0 aliphatic heterocycles. The molecule has 0 aromatic heterocycles. The molecule has 3 rings (SSSR count). The molecule has 0 aliphatic rings. The van der Waals surface area contributed by atoms with Crippen molar-refractivity contribution in [2.24, 2.45) is 11.5 Å². The van der Waals surface area contributed by atoms with Gasteiger partial charge in [0.15, 0.2) is 0 Å². The molecule has 0 saturated carbocycles. The van der Waals surface area contributed by atoms with Crippen molar-refractivity contribution in [3.05, 3.63) is 108 Å². The van der Waals surface area contributed by atoms with Crippen LogP contribution >= 0.6 is 0 Å². The van der Waals surface area contributed by atoms with E-state index in [2.05, 4.69) is 72.8 Å². The first kappa shape index (κ1) is 17.4. The second kappa shape index (κ2) is 6.83. The predicted octanol–water partition coefficient (Wildman–Crippen LogP) is 4.09. The van der Waals surface area contributed by atoms with Gasteiger partial charge in [0.25, 0.3) is 0 Å². The van der Waals surface area contributed by atoms with Crippen molar-refractivity contribution < 1.29 is 0 Å². The molecule has 128 valence electrons. The Balaban J connectivity index is 2.40. The van der Waals surface area contributed by atoms with Gasteiger partial charge in [-0.3, -0.25) is 0 Å². The average molecular weight is 330 g/mol. The second-order valence-corrected chi connectivity index (χ2v) is 7.21. The normalized spacial score (nSPS) is 13.4. The van der Waals surface area contributed by atoms with Crippen LogP contribution in [0.5, 0.6) is 0 Å². The predicted molar refractivity (Wildman–Crippen MR) is 105 cm³/mol. The standard InChI is InChI=1S/C23H26N2/c1-22(2,25)21(24)23(18-12-6-3-7-13-18,19-14-8-4-9-15-19)20-16-10-5-11-17-20/h3-17,21H,24-25H2,1-2H3. The Morgan fingerprint density at radius 1 is 0.600 bits per heavy atom. The fraction of sp³-hybridized carbons (Fsp3) is 0.217. The molecular formula is C23H26N2. The highest BCUT2D eigenvalue weighted by Gasteiger charge is 2.46. The minimum atomic E-state index is -0.568. The molecule has 0 spiro atoms. The Morgan fingerprint density at radius 2 is 0.880 bits per heavy atom. The zero-order valence-electron chi connectivity index (χ0n) is 14.9. The number of hydrogen-bond donors (Lipinski definition) is 2. The van der Waals surface area contributed by atoms with E-state index in [1.807, 2.05) is 32.0 Å². The molecule has 0 amide bonds. The van der Waals surface area contributed by atoms with Crippen molar-refractivity contribution in [3.63, 3.8) is 0 Å². The van der Waals surface area contributed by atoms with Crippen molar-refractivity contribution >= 4 is 0 Å². The molecule has 0 radical (unpaired) electrons. The van der Waals surface area contributed by atoms with E-state index in [0.717, 1.165) is 16.7 Å². The molecular weight excluding hydrogens is 304 g/mol. The molecule has 0 aliphatic carbocycles. The van der Waals surface area contributed by atoms with Crippen LogP contribution in [0.2, 0.25) is 0 Å². The molecule has 1 unspecified atom stereocenters. The summed E-state index contributed by atoms with van der Waals surface area (Å²) >= 11 is 0. The van der Waals surface area contributed by atoms with Crippen molar-refractivity contribution in [1.82, 2.24) is 0 Å². The summed E-state index contributed by atoms with van der Waals surface area (Å²) in [7, 11) is 0. The van der Waals surface area contributed by atoms with Crippen LogP contribution in [0.1, 0.15) is 30.5 Å². The Morgan fingerprint density at radius 3 is 1.12 bits per heavy atom. The Hall–Kier alpha value is -2.42. The summed E-state index contributed by atoms with van der Waals surface area (Å²) in [5, 5.41) is 0. The zero-order chi connectivity index (χ0) is 17.9. The monoisotopic (exact) mass is 330 g/mol. The van der Waals surface area contributed by atoms with Gasteiger partial charge in [0.05, 0.1) is 5.41 Å². The second-order valence-electron chi connectivity index (χ2n) is 7.21. The lowest BCUT2D eigenvalue weighted by molar-refractivity contribution is 0.323. The Kier molecular flexibility index (Phi) is 4.76. The summed E-state index contributed by atoms with van der Waals surface area (Å²) in [6.07, 6.45) is 0. The molecule has 3 aromatic carbocycles. The van der Waals surface area contributed by atoms with Gasteiger partial charge in [-0.1, -0.05) is 91.0 Å². The SMILES string of the molecule is CC(C)(N)C(N)C(c1ccccc1)(c1ccccc1)c1ccccc1. The molecule has 0 bridgehead atoms. The summed E-state index contributed by atoms with van der Waals surface area (Å²) in [5.74, 6) is 0.